The zero-order valence-electron chi connectivity index (χ0n) is 11.8. The molecule has 2 rings (SSSR count). The molecule has 0 bridgehead atoms. The Morgan fingerprint density at radius 3 is 2.67 bits per heavy atom. The first-order valence-electron chi connectivity index (χ1n) is 6.67. The van der Waals surface area contributed by atoms with Crippen LogP contribution in [0.25, 0.3) is 0 Å². The predicted octanol–water partition coefficient (Wildman–Crippen LogP) is -0.0883. The van der Waals surface area contributed by atoms with E-state index in [1.165, 1.54) is 19.2 Å². The first-order chi connectivity index (χ1) is 10.0. The van der Waals surface area contributed by atoms with E-state index in [2.05, 4.69) is 15.4 Å². The molecule has 116 valence electrons. The maximum Gasteiger partial charge on any atom is 0.240 e. The standard InChI is InChI=1S/C13H19N3O4S/c1-14-21(18,19)12-4-2-10(3-5-12)16-13(17)8-11-9-15-6-7-20-11/h2-5,11,14-15H,6-9H2,1H3,(H,16,17). The zero-order valence-corrected chi connectivity index (χ0v) is 12.6. The Kier molecular flexibility index (Phi) is 5.29. The summed E-state index contributed by atoms with van der Waals surface area (Å²) >= 11 is 0. The van der Waals surface area contributed by atoms with Crippen molar-refractivity contribution in [1.82, 2.24) is 10.0 Å². The smallest absolute Gasteiger partial charge is 0.240 e. The molecule has 1 amide bonds. The van der Waals surface area contributed by atoms with Crippen LogP contribution >= 0.6 is 0 Å². The van der Waals surface area contributed by atoms with Gasteiger partial charge in [-0.25, -0.2) is 13.1 Å². The number of hydrogen-bond acceptors (Lipinski definition) is 5. The van der Waals surface area contributed by atoms with Crippen LogP contribution < -0.4 is 15.4 Å². The van der Waals surface area contributed by atoms with Crippen LogP contribution in [0.4, 0.5) is 5.69 Å². The average molecular weight is 313 g/mol. The molecular formula is C13H19N3O4S. The van der Waals surface area contributed by atoms with Gasteiger partial charge < -0.3 is 15.4 Å². The molecule has 3 N–H and O–H groups in total. The lowest BCUT2D eigenvalue weighted by Crippen LogP contribution is -2.40. The van der Waals surface area contributed by atoms with Gasteiger partial charge >= 0.3 is 0 Å². The Morgan fingerprint density at radius 2 is 2.10 bits per heavy atom. The second-order valence-corrected chi connectivity index (χ2v) is 6.57. The van der Waals surface area contributed by atoms with Crippen LogP contribution in [0.1, 0.15) is 6.42 Å². The van der Waals surface area contributed by atoms with Crippen LogP contribution in [0, 0.1) is 0 Å². The van der Waals surface area contributed by atoms with Crippen molar-refractivity contribution in [3.05, 3.63) is 24.3 Å². The SMILES string of the molecule is CNS(=O)(=O)c1ccc(NC(=O)CC2CNCCO2)cc1. The molecule has 0 radical (unpaired) electrons. The molecule has 21 heavy (non-hydrogen) atoms. The molecule has 1 aromatic rings. The minimum Gasteiger partial charge on any atom is -0.375 e. The van der Waals surface area contributed by atoms with E-state index in [4.69, 9.17) is 4.74 Å². The Balaban J connectivity index is 1.92. The fourth-order valence-corrected chi connectivity index (χ4v) is 2.73. The summed E-state index contributed by atoms with van der Waals surface area (Å²) in [5.41, 5.74) is 0.554. The highest BCUT2D eigenvalue weighted by atomic mass is 32.2. The molecule has 1 aliphatic rings. The van der Waals surface area contributed by atoms with Crippen molar-refractivity contribution in [3.8, 4) is 0 Å². The van der Waals surface area contributed by atoms with Gasteiger partial charge in [-0.3, -0.25) is 4.79 Å². The molecule has 1 aromatic carbocycles. The van der Waals surface area contributed by atoms with Gasteiger partial charge in [0.05, 0.1) is 24.0 Å². The van der Waals surface area contributed by atoms with Crippen LogP contribution in [0.5, 0.6) is 0 Å². The van der Waals surface area contributed by atoms with Crippen molar-refractivity contribution < 1.29 is 17.9 Å². The molecule has 1 fully saturated rings. The van der Waals surface area contributed by atoms with Gasteiger partial charge in [-0.1, -0.05) is 0 Å². The van der Waals surface area contributed by atoms with E-state index in [1.54, 1.807) is 12.1 Å². The lowest BCUT2D eigenvalue weighted by atomic mass is 10.2. The number of hydrogen-bond donors (Lipinski definition) is 3. The minimum absolute atomic E-state index is 0.123. The molecule has 8 heteroatoms. The normalized spacial score (nSPS) is 19.2. The molecule has 7 nitrogen and oxygen atoms in total. The molecule has 0 aliphatic carbocycles. The van der Waals surface area contributed by atoms with E-state index in [-0.39, 0.29) is 23.3 Å². The highest BCUT2D eigenvalue weighted by Gasteiger charge is 2.17. The number of anilines is 1. The van der Waals surface area contributed by atoms with Gasteiger partial charge in [0.25, 0.3) is 0 Å². The van der Waals surface area contributed by atoms with Crippen molar-refractivity contribution in [2.75, 3.05) is 32.1 Å². The Bertz CT molecular complexity index is 580. The van der Waals surface area contributed by atoms with Crippen molar-refractivity contribution in [1.29, 1.82) is 0 Å². The van der Waals surface area contributed by atoms with E-state index in [0.717, 1.165) is 6.54 Å². The third-order valence-corrected chi connectivity index (χ3v) is 4.56. The van der Waals surface area contributed by atoms with Crippen LogP contribution in [0.2, 0.25) is 0 Å². The summed E-state index contributed by atoms with van der Waals surface area (Å²) in [5.74, 6) is -0.159. The highest BCUT2D eigenvalue weighted by Crippen LogP contribution is 2.14. The number of nitrogens with one attached hydrogen (secondary N) is 3. The van der Waals surface area contributed by atoms with E-state index in [1.807, 2.05) is 0 Å². The number of rotatable bonds is 5. The molecular weight excluding hydrogens is 294 g/mol. The summed E-state index contributed by atoms with van der Waals surface area (Å²) in [6.45, 7) is 2.07. The number of carbonyl (C=O) groups is 1. The summed E-state index contributed by atoms with van der Waals surface area (Å²) in [6, 6.07) is 6.00. The summed E-state index contributed by atoms with van der Waals surface area (Å²) in [4.78, 5) is 12.0. The van der Waals surface area contributed by atoms with E-state index >= 15 is 0 Å². The second kappa shape index (κ2) is 6.99. The van der Waals surface area contributed by atoms with Crippen LogP contribution in [0.3, 0.4) is 0 Å². The molecule has 0 saturated carbocycles. The Morgan fingerprint density at radius 1 is 1.38 bits per heavy atom. The summed E-state index contributed by atoms with van der Waals surface area (Å²) in [7, 11) is -2.11. The molecule has 0 spiro atoms. The third kappa shape index (κ3) is 4.50. The van der Waals surface area contributed by atoms with Crippen LogP contribution in [-0.2, 0) is 19.6 Å². The monoisotopic (exact) mass is 313 g/mol. The van der Waals surface area contributed by atoms with Crippen molar-refractivity contribution >= 4 is 21.6 Å². The Labute approximate surface area is 124 Å². The second-order valence-electron chi connectivity index (χ2n) is 4.68. The minimum atomic E-state index is -3.46. The molecule has 1 saturated heterocycles. The maximum atomic E-state index is 11.9. The van der Waals surface area contributed by atoms with Crippen LogP contribution in [0.15, 0.2) is 29.2 Å². The number of sulfonamides is 1. The molecule has 1 aliphatic heterocycles. The molecule has 0 aromatic heterocycles. The quantitative estimate of drug-likeness (QED) is 0.706. The van der Waals surface area contributed by atoms with E-state index in [0.29, 0.717) is 18.8 Å². The fourth-order valence-electron chi connectivity index (χ4n) is 2.00. The summed E-state index contributed by atoms with van der Waals surface area (Å²) in [5, 5.41) is 5.88. The van der Waals surface area contributed by atoms with Gasteiger partial charge in [-0.2, -0.15) is 0 Å². The van der Waals surface area contributed by atoms with Gasteiger partial charge in [0.1, 0.15) is 0 Å². The topological polar surface area (TPSA) is 96.5 Å². The van der Waals surface area contributed by atoms with Gasteiger partial charge in [0.2, 0.25) is 15.9 Å². The maximum absolute atomic E-state index is 11.9. The van der Waals surface area contributed by atoms with Gasteiger partial charge in [-0.15, -0.1) is 0 Å². The number of amides is 1. The van der Waals surface area contributed by atoms with Gasteiger partial charge in [0.15, 0.2) is 0 Å². The summed E-state index contributed by atoms with van der Waals surface area (Å²) < 4.78 is 30.8. The van der Waals surface area contributed by atoms with E-state index < -0.39 is 10.0 Å². The number of morpholine rings is 1. The third-order valence-electron chi connectivity index (χ3n) is 3.13. The number of ether oxygens (including phenoxy) is 1. The number of carbonyl (C=O) groups excluding carboxylic acids is 1. The first-order valence-corrected chi connectivity index (χ1v) is 8.15. The number of benzene rings is 1. The largest absolute Gasteiger partial charge is 0.375 e. The predicted molar refractivity (Wildman–Crippen MR) is 78.5 cm³/mol. The highest BCUT2D eigenvalue weighted by molar-refractivity contribution is 7.89. The lowest BCUT2D eigenvalue weighted by molar-refractivity contribution is -0.119. The van der Waals surface area contributed by atoms with Crippen molar-refractivity contribution in [3.63, 3.8) is 0 Å². The summed E-state index contributed by atoms with van der Waals surface area (Å²) in [6.07, 6.45) is 0.145. The van der Waals surface area contributed by atoms with Crippen LogP contribution in [-0.4, -0.2) is 47.2 Å². The fraction of sp³-hybridized carbons (Fsp3) is 0.462. The van der Waals surface area contributed by atoms with Crippen molar-refractivity contribution in [2.45, 2.75) is 17.4 Å². The molecule has 1 atom stereocenters. The Hall–Kier alpha value is -1.48. The average Bonchev–Trinajstić information content (AvgIpc) is 2.48. The van der Waals surface area contributed by atoms with Gasteiger partial charge in [-0.05, 0) is 31.3 Å². The first kappa shape index (κ1) is 15.9. The van der Waals surface area contributed by atoms with Gasteiger partial charge in [0, 0.05) is 18.8 Å². The van der Waals surface area contributed by atoms with E-state index in [9.17, 15) is 13.2 Å². The molecule has 1 heterocycles. The lowest BCUT2D eigenvalue weighted by Gasteiger charge is -2.23. The molecule has 1 unspecified atom stereocenters. The zero-order chi connectivity index (χ0) is 15.3. The van der Waals surface area contributed by atoms with Crippen molar-refractivity contribution in [2.24, 2.45) is 0 Å².